The lowest BCUT2D eigenvalue weighted by molar-refractivity contribution is -0.376. The van der Waals surface area contributed by atoms with Crippen molar-refractivity contribution in [2.75, 3.05) is 18.1 Å². The number of aliphatic hydroxyl groups is 1. The maximum atomic E-state index is 13.3. The van der Waals surface area contributed by atoms with Gasteiger partial charge in [0.1, 0.15) is 5.75 Å². The second-order valence-corrected chi connectivity index (χ2v) is 7.81. The summed E-state index contributed by atoms with van der Waals surface area (Å²) >= 11 is 0. The van der Waals surface area contributed by atoms with Gasteiger partial charge in [-0.05, 0) is 55.5 Å². The molecule has 0 atom stereocenters. The fraction of sp³-hybridized carbons (Fsp3) is 0.435. The first kappa shape index (κ1) is 24.9. The van der Waals surface area contributed by atoms with Crippen molar-refractivity contribution in [2.45, 2.75) is 50.6 Å². The van der Waals surface area contributed by atoms with Gasteiger partial charge in [-0.3, -0.25) is 4.79 Å². The van der Waals surface area contributed by atoms with Gasteiger partial charge in [-0.2, -0.15) is 26.3 Å². The summed E-state index contributed by atoms with van der Waals surface area (Å²) < 4.78 is 85.0. The lowest BCUT2D eigenvalue weighted by atomic mass is 9.89. The van der Waals surface area contributed by atoms with Crippen molar-refractivity contribution in [1.82, 2.24) is 0 Å². The second-order valence-electron chi connectivity index (χ2n) is 7.81. The molecule has 0 saturated heterocycles. The number of rotatable bonds is 5. The Morgan fingerprint density at radius 1 is 1.00 bits per heavy atom. The average Bonchev–Trinajstić information content (AvgIpc) is 2.95. The van der Waals surface area contributed by atoms with Gasteiger partial charge in [0.05, 0.1) is 13.0 Å². The predicted molar refractivity (Wildman–Crippen MR) is 109 cm³/mol. The monoisotopic (exact) mass is 475 g/mol. The number of carbonyl (C=O) groups is 1. The first-order chi connectivity index (χ1) is 15.4. The van der Waals surface area contributed by atoms with Crippen molar-refractivity contribution in [2.24, 2.45) is 0 Å². The maximum absolute atomic E-state index is 13.3. The Hall–Kier alpha value is -2.75. The van der Waals surface area contributed by atoms with E-state index in [9.17, 15) is 36.2 Å². The summed E-state index contributed by atoms with van der Waals surface area (Å²) in [5, 5.41) is 9.72. The zero-order valence-corrected chi connectivity index (χ0v) is 17.8. The number of halogens is 6. The van der Waals surface area contributed by atoms with Gasteiger partial charge in [-0.15, -0.1) is 0 Å². The van der Waals surface area contributed by atoms with Crippen LogP contribution in [0.1, 0.15) is 36.5 Å². The third-order valence-electron chi connectivity index (χ3n) is 5.58. The zero-order chi connectivity index (χ0) is 24.4. The van der Waals surface area contributed by atoms with Crippen molar-refractivity contribution in [3.63, 3.8) is 0 Å². The molecule has 33 heavy (non-hydrogen) atoms. The van der Waals surface area contributed by atoms with Crippen LogP contribution in [0.4, 0.5) is 32.0 Å². The Morgan fingerprint density at radius 3 is 2.21 bits per heavy atom. The second kappa shape index (κ2) is 9.24. The molecule has 4 nitrogen and oxygen atoms in total. The molecule has 0 radical (unpaired) electrons. The molecule has 0 bridgehead atoms. The molecule has 0 unspecified atom stereocenters. The van der Waals surface area contributed by atoms with Crippen LogP contribution in [0.3, 0.4) is 0 Å². The van der Waals surface area contributed by atoms with Gasteiger partial charge in [0, 0.05) is 17.8 Å². The normalized spacial score (nSPS) is 15.1. The Bertz CT molecular complexity index is 971. The van der Waals surface area contributed by atoms with E-state index in [1.54, 1.807) is 24.3 Å². The number of nitrogens with zero attached hydrogens (tertiary/aromatic N) is 1. The minimum absolute atomic E-state index is 0.00262. The van der Waals surface area contributed by atoms with Gasteiger partial charge >= 0.3 is 12.4 Å². The molecule has 1 N–H and O–H groups in total. The van der Waals surface area contributed by atoms with E-state index in [-0.39, 0.29) is 36.5 Å². The van der Waals surface area contributed by atoms with Gasteiger partial charge in [0.25, 0.3) is 5.60 Å². The van der Waals surface area contributed by atoms with Gasteiger partial charge in [-0.25, -0.2) is 0 Å². The lowest BCUT2D eigenvalue weighted by Crippen LogP contribution is -2.54. The standard InChI is InChI=1S/C23H23F6NO3/c1-2-33-18-9-6-15(7-10-18)13-20(31)30-12-4-3-5-16-14-17(8-11-19(16)30)21(32,22(24,25)26)23(27,28)29/h6-11,14,32H,2-5,12-13H2,1H3. The van der Waals surface area contributed by atoms with Crippen LogP contribution in [-0.2, 0) is 23.2 Å². The molecule has 0 spiro atoms. The van der Waals surface area contributed by atoms with E-state index in [4.69, 9.17) is 4.74 Å². The number of hydrogen-bond donors (Lipinski definition) is 1. The molecular formula is C23H23F6NO3. The number of hydrogen-bond acceptors (Lipinski definition) is 3. The average molecular weight is 475 g/mol. The molecule has 3 rings (SSSR count). The van der Waals surface area contributed by atoms with Crippen LogP contribution < -0.4 is 9.64 Å². The van der Waals surface area contributed by atoms with Gasteiger partial charge in [-0.1, -0.05) is 24.3 Å². The number of fused-ring (bicyclic) bond motifs is 1. The molecule has 10 heteroatoms. The minimum Gasteiger partial charge on any atom is -0.494 e. The quantitative estimate of drug-likeness (QED) is 0.597. The van der Waals surface area contributed by atoms with Crippen LogP contribution in [0, 0.1) is 0 Å². The fourth-order valence-electron chi connectivity index (χ4n) is 3.87. The smallest absolute Gasteiger partial charge is 0.430 e. The third-order valence-corrected chi connectivity index (χ3v) is 5.58. The first-order valence-electron chi connectivity index (χ1n) is 10.4. The summed E-state index contributed by atoms with van der Waals surface area (Å²) in [6.07, 6.45) is -10.7. The molecule has 0 aliphatic carbocycles. The molecular weight excluding hydrogens is 452 g/mol. The highest BCUT2D eigenvalue weighted by molar-refractivity contribution is 5.95. The zero-order valence-electron chi connectivity index (χ0n) is 17.8. The summed E-state index contributed by atoms with van der Waals surface area (Å²) in [5.41, 5.74) is -5.23. The number of benzene rings is 2. The molecule has 1 aliphatic heterocycles. The van der Waals surface area contributed by atoms with E-state index in [0.29, 0.717) is 42.9 Å². The van der Waals surface area contributed by atoms with Crippen LogP contribution in [0.5, 0.6) is 5.75 Å². The number of carbonyl (C=O) groups excluding carboxylic acids is 1. The van der Waals surface area contributed by atoms with E-state index >= 15 is 0 Å². The Balaban J connectivity index is 1.92. The summed E-state index contributed by atoms with van der Waals surface area (Å²) in [6.45, 7) is 2.61. The molecule has 0 saturated carbocycles. The lowest BCUT2D eigenvalue weighted by Gasteiger charge is -2.33. The molecule has 180 valence electrons. The topological polar surface area (TPSA) is 49.8 Å². The largest absolute Gasteiger partial charge is 0.494 e. The van der Waals surface area contributed by atoms with Crippen molar-refractivity contribution in [1.29, 1.82) is 0 Å². The van der Waals surface area contributed by atoms with Crippen LogP contribution in [0.2, 0.25) is 0 Å². The number of ether oxygens (including phenoxy) is 1. The molecule has 0 aromatic heterocycles. The highest BCUT2D eigenvalue weighted by Crippen LogP contribution is 2.50. The van der Waals surface area contributed by atoms with E-state index in [0.717, 1.165) is 6.07 Å². The van der Waals surface area contributed by atoms with Crippen molar-refractivity contribution in [3.05, 3.63) is 59.2 Å². The number of anilines is 1. The van der Waals surface area contributed by atoms with Crippen LogP contribution >= 0.6 is 0 Å². The highest BCUT2D eigenvalue weighted by Gasteiger charge is 2.71. The molecule has 2 aromatic rings. The molecule has 1 aliphatic rings. The third kappa shape index (κ3) is 4.95. The summed E-state index contributed by atoms with van der Waals surface area (Å²) in [7, 11) is 0. The van der Waals surface area contributed by atoms with Crippen LogP contribution in [-0.4, -0.2) is 36.5 Å². The molecule has 1 amide bonds. The van der Waals surface area contributed by atoms with Crippen molar-refractivity contribution < 1.29 is 41.0 Å². The fourth-order valence-corrected chi connectivity index (χ4v) is 3.87. The van der Waals surface area contributed by atoms with E-state index in [1.165, 1.54) is 4.90 Å². The Kier molecular flexibility index (Phi) is 6.97. The summed E-state index contributed by atoms with van der Waals surface area (Å²) in [4.78, 5) is 14.4. The summed E-state index contributed by atoms with van der Waals surface area (Å²) in [5.74, 6) is 0.306. The van der Waals surface area contributed by atoms with E-state index in [1.807, 2.05) is 6.92 Å². The van der Waals surface area contributed by atoms with Gasteiger partial charge in [0.15, 0.2) is 0 Å². The number of aryl methyl sites for hydroxylation is 1. The molecule has 1 heterocycles. The number of alkyl halides is 6. The first-order valence-corrected chi connectivity index (χ1v) is 10.4. The minimum atomic E-state index is -5.96. The highest BCUT2D eigenvalue weighted by atomic mass is 19.4. The number of amides is 1. The van der Waals surface area contributed by atoms with Gasteiger partial charge in [0.2, 0.25) is 5.91 Å². The maximum Gasteiger partial charge on any atom is 0.430 e. The van der Waals surface area contributed by atoms with Gasteiger partial charge < -0.3 is 14.7 Å². The Morgan fingerprint density at radius 2 is 1.64 bits per heavy atom. The van der Waals surface area contributed by atoms with Crippen molar-refractivity contribution >= 4 is 11.6 Å². The van der Waals surface area contributed by atoms with Crippen molar-refractivity contribution in [3.8, 4) is 5.75 Å². The predicted octanol–water partition coefficient (Wildman–Crippen LogP) is 5.31. The van der Waals surface area contributed by atoms with Crippen LogP contribution in [0.25, 0.3) is 0 Å². The Labute approximate surface area is 186 Å². The molecule has 2 aromatic carbocycles. The van der Waals surface area contributed by atoms with E-state index < -0.39 is 23.5 Å². The summed E-state index contributed by atoms with van der Waals surface area (Å²) in [6, 6.07) is 9.21. The molecule has 0 fully saturated rings. The van der Waals surface area contributed by atoms with E-state index in [2.05, 4.69) is 0 Å². The SMILES string of the molecule is CCOc1ccc(CC(=O)N2CCCCc3cc(C(O)(C(F)(F)F)C(F)(F)F)ccc32)cc1. The van der Waals surface area contributed by atoms with Crippen LogP contribution in [0.15, 0.2) is 42.5 Å².